The van der Waals surface area contributed by atoms with Crippen LogP contribution in [0.2, 0.25) is 0 Å². The number of thioether (sulfide) groups is 1. The van der Waals surface area contributed by atoms with E-state index in [0.717, 1.165) is 31.7 Å². The van der Waals surface area contributed by atoms with Crippen LogP contribution in [0.3, 0.4) is 0 Å². The van der Waals surface area contributed by atoms with E-state index in [4.69, 9.17) is 4.74 Å². The Morgan fingerprint density at radius 3 is 3.00 bits per heavy atom. The minimum Gasteiger partial charge on any atom is -0.376 e. The molecule has 0 bridgehead atoms. The van der Waals surface area contributed by atoms with Crippen LogP contribution in [0.15, 0.2) is 29.4 Å². The number of para-hydroxylation sites is 1. The molecule has 25 heavy (non-hydrogen) atoms. The number of hydrogen-bond acceptors (Lipinski definition) is 5. The predicted molar refractivity (Wildman–Crippen MR) is 94.1 cm³/mol. The third-order valence-corrected chi connectivity index (χ3v) is 4.97. The van der Waals surface area contributed by atoms with E-state index < -0.39 is 5.82 Å². The van der Waals surface area contributed by atoms with Gasteiger partial charge in [-0.3, -0.25) is 4.79 Å². The number of ether oxygens (including phenoxy) is 1. The van der Waals surface area contributed by atoms with Gasteiger partial charge in [0.25, 0.3) is 0 Å². The summed E-state index contributed by atoms with van der Waals surface area (Å²) in [5, 5.41) is 11.7. The Bertz CT molecular complexity index is 731. The normalized spacial score (nSPS) is 17.0. The number of rotatable bonds is 7. The lowest BCUT2D eigenvalue weighted by Crippen LogP contribution is -2.19. The molecule has 1 atom stereocenters. The second kappa shape index (κ2) is 8.44. The molecule has 0 saturated carbocycles. The highest BCUT2D eigenvalue weighted by molar-refractivity contribution is 7.99. The maximum absolute atomic E-state index is 13.6. The molecule has 8 heteroatoms. The third-order valence-electron chi connectivity index (χ3n) is 4.00. The third kappa shape index (κ3) is 4.58. The summed E-state index contributed by atoms with van der Waals surface area (Å²) in [6.45, 7) is 3.52. The molecule has 1 aromatic heterocycles. The number of amides is 1. The zero-order chi connectivity index (χ0) is 17.6. The molecule has 6 nitrogen and oxygen atoms in total. The molecule has 2 heterocycles. The van der Waals surface area contributed by atoms with Crippen molar-refractivity contribution in [2.45, 2.75) is 44.0 Å². The van der Waals surface area contributed by atoms with Crippen LogP contribution in [-0.2, 0) is 22.5 Å². The largest absolute Gasteiger partial charge is 0.376 e. The standard InChI is InChI=1S/C17H21FN4O2S/c1-2-15-20-21-17(22(15)10-12-6-5-9-24-12)25-11-16(23)19-14-8-4-3-7-13(14)18/h3-4,7-8,12H,2,5-6,9-11H2,1H3,(H,19,23). The summed E-state index contributed by atoms with van der Waals surface area (Å²) in [6, 6.07) is 6.11. The zero-order valence-corrected chi connectivity index (χ0v) is 14.9. The Balaban J connectivity index is 1.61. The van der Waals surface area contributed by atoms with Gasteiger partial charge in [0, 0.05) is 13.0 Å². The molecule has 3 rings (SSSR count). The summed E-state index contributed by atoms with van der Waals surface area (Å²) < 4.78 is 21.3. The number of nitrogens with zero attached hydrogens (tertiary/aromatic N) is 3. The van der Waals surface area contributed by atoms with Crippen molar-refractivity contribution < 1.29 is 13.9 Å². The molecule has 1 N–H and O–H groups in total. The van der Waals surface area contributed by atoms with E-state index in [1.54, 1.807) is 12.1 Å². The molecule has 1 amide bonds. The van der Waals surface area contributed by atoms with Crippen LogP contribution >= 0.6 is 11.8 Å². The summed E-state index contributed by atoms with van der Waals surface area (Å²) in [6.07, 6.45) is 3.04. The first-order chi connectivity index (χ1) is 12.2. The van der Waals surface area contributed by atoms with Gasteiger partial charge in [0.05, 0.1) is 24.1 Å². The van der Waals surface area contributed by atoms with Crippen LogP contribution in [-0.4, -0.2) is 39.1 Å². The maximum atomic E-state index is 13.6. The quantitative estimate of drug-likeness (QED) is 0.765. The first kappa shape index (κ1) is 17.9. The number of carbonyl (C=O) groups excluding carboxylic acids is 1. The molecule has 1 aromatic carbocycles. The summed E-state index contributed by atoms with van der Waals surface area (Å²) >= 11 is 1.30. The molecule has 134 valence electrons. The topological polar surface area (TPSA) is 69.0 Å². The van der Waals surface area contributed by atoms with Gasteiger partial charge >= 0.3 is 0 Å². The van der Waals surface area contributed by atoms with Gasteiger partial charge in [-0.25, -0.2) is 4.39 Å². The van der Waals surface area contributed by atoms with Crippen molar-refractivity contribution in [3.8, 4) is 0 Å². The van der Waals surface area contributed by atoms with E-state index in [0.29, 0.717) is 11.7 Å². The van der Waals surface area contributed by atoms with Crippen LogP contribution in [0.1, 0.15) is 25.6 Å². The fraction of sp³-hybridized carbons (Fsp3) is 0.471. The molecular weight excluding hydrogens is 343 g/mol. The van der Waals surface area contributed by atoms with Crippen LogP contribution in [0.4, 0.5) is 10.1 Å². The first-order valence-electron chi connectivity index (χ1n) is 8.38. The van der Waals surface area contributed by atoms with Gasteiger partial charge in [-0.05, 0) is 25.0 Å². The Labute approximate surface area is 150 Å². The Morgan fingerprint density at radius 1 is 1.44 bits per heavy atom. The number of aryl methyl sites for hydroxylation is 1. The van der Waals surface area contributed by atoms with Crippen molar-refractivity contribution in [1.29, 1.82) is 0 Å². The molecule has 1 unspecified atom stereocenters. The molecule has 1 aliphatic rings. The van der Waals surface area contributed by atoms with Crippen LogP contribution in [0.25, 0.3) is 0 Å². The van der Waals surface area contributed by atoms with E-state index in [9.17, 15) is 9.18 Å². The fourth-order valence-corrected chi connectivity index (χ4v) is 3.51. The van der Waals surface area contributed by atoms with E-state index in [1.807, 2.05) is 11.5 Å². The van der Waals surface area contributed by atoms with Gasteiger partial charge in [-0.2, -0.15) is 0 Å². The number of aromatic nitrogens is 3. The van der Waals surface area contributed by atoms with Crippen molar-refractivity contribution in [1.82, 2.24) is 14.8 Å². The SMILES string of the molecule is CCc1nnc(SCC(=O)Nc2ccccc2F)n1CC1CCCO1. The van der Waals surface area contributed by atoms with Gasteiger partial charge in [-0.15, -0.1) is 10.2 Å². The van der Waals surface area contributed by atoms with Gasteiger partial charge in [0.15, 0.2) is 5.16 Å². The van der Waals surface area contributed by atoms with Gasteiger partial charge in [-0.1, -0.05) is 30.8 Å². The zero-order valence-electron chi connectivity index (χ0n) is 14.1. The Morgan fingerprint density at radius 2 is 2.28 bits per heavy atom. The van der Waals surface area contributed by atoms with Crippen molar-refractivity contribution >= 4 is 23.4 Å². The number of halogens is 1. The molecule has 1 saturated heterocycles. The highest BCUT2D eigenvalue weighted by Gasteiger charge is 2.21. The van der Waals surface area contributed by atoms with Gasteiger partial charge < -0.3 is 14.6 Å². The molecule has 2 aromatic rings. The molecule has 1 fully saturated rings. The van der Waals surface area contributed by atoms with Gasteiger partial charge in [0.1, 0.15) is 11.6 Å². The molecular formula is C17H21FN4O2S. The minimum atomic E-state index is -0.448. The minimum absolute atomic E-state index is 0.141. The number of nitrogens with one attached hydrogen (secondary N) is 1. The summed E-state index contributed by atoms with van der Waals surface area (Å²) in [7, 11) is 0. The highest BCUT2D eigenvalue weighted by atomic mass is 32.2. The predicted octanol–water partition coefficient (Wildman–Crippen LogP) is 2.89. The summed E-state index contributed by atoms with van der Waals surface area (Å²) in [4.78, 5) is 12.1. The number of anilines is 1. The maximum Gasteiger partial charge on any atom is 0.234 e. The van der Waals surface area contributed by atoms with Gasteiger partial charge in [0.2, 0.25) is 5.91 Å². The second-order valence-corrected chi connectivity index (χ2v) is 6.76. The lowest BCUT2D eigenvalue weighted by Gasteiger charge is -2.14. The summed E-state index contributed by atoms with van der Waals surface area (Å²) in [5.74, 6) is 0.296. The average Bonchev–Trinajstić information content (AvgIpc) is 3.25. The smallest absolute Gasteiger partial charge is 0.234 e. The number of hydrogen-bond donors (Lipinski definition) is 1. The van der Waals surface area contributed by atoms with Crippen molar-refractivity contribution in [3.05, 3.63) is 35.9 Å². The fourth-order valence-electron chi connectivity index (χ4n) is 2.74. The summed E-state index contributed by atoms with van der Waals surface area (Å²) in [5.41, 5.74) is 0.183. The van der Waals surface area contributed by atoms with E-state index >= 15 is 0 Å². The second-order valence-electron chi connectivity index (χ2n) is 5.81. The molecule has 0 spiro atoms. The highest BCUT2D eigenvalue weighted by Crippen LogP contribution is 2.22. The molecule has 1 aliphatic heterocycles. The van der Waals surface area contributed by atoms with E-state index in [2.05, 4.69) is 15.5 Å². The van der Waals surface area contributed by atoms with Crippen molar-refractivity contribution in [2.75, 3.05) is 17.7 Å². The lowest BCUT2D eigenvalue weighted by atomic mass is 10.2. The lowest BCUT2D eigenvalue weighted by molar-refractivity contribution is -0.113. The van der Waals surface area contributed by atoms with Crippen LogP contribution in [0.5, 0.6) is 0 Å². The van der Waals surface area contributed by atoms with Crippen LogP contribution in [0, 0.1) is 5.82 Å². The Kier molecular flexibility index (Phi) is 6.04. The number of benzene rings is 1. The first-order valence-corrected chi connectivity index (χ1v) is 9.36. The van der Waals surface area contributed by atoms with E-state index in [1.165, 1.54) is 23.9 Å². The Hall–Kier alpha value is -1.93. The molecule has 0 aliphatic carbocycles. The van der Waals surface area contributed by atoms with Crippen molar-refractivity contribution in [3.63, 3.8) is 0 Å². The van der Waals surface area contributed by atoms with Crippen LogP contribution < -0.4 is 5.32 Å². The average molecular weight is 364 g/mol. The van der Waals surface area contributed by atoms with E-state index in [-0.39, 0.29) is 23.5 Å². The number of carbonyl (C=O) groups is 1. The van der Waals surface area contributed by atoms with Crippen molar-refractivity contribution in [2.24, 2.45) is 0 Å². The molecule has 0 radical (unpaired) electrons. The monoisotopic (exact) mass is 364 g/mol.